The van der Waals surface area contributed by atoms with Gasteiger partial charge in [0.15, 0.2) is 14.7 Å². The van der Waals surface area contributed by atoms with Crippen LogP contribution < -0.4 is 10.1 Å². The standard InChI is InChI=1S/C30H28Cl4N2O3S/c1-29(2)14-22(38-18-35)15-30(3,16-29)17-36-28(37)39-21-6-8-23(9-7-21)40(26-10-4-19(31)12-24(26)33)27-11-5-20(32)13-25(27)34/h4-13,22H,14-17H2,1-3H3/p+1. The monoisotopic (exact) mass is 637 g/mol. The lowest BCUT2D eigenvalue weighted by Gasteiger charge is -2.45. The van der Waals surface area contributed by atoms with E-state index in [4.69, 9.17) is 61.1 Å². The van der Waals surface area contributed by atoms with Crippen molar-refractivity contribution >= 4 is 63.4 Å². The first-order valence-corrected chi connectivity index (χ1v) is 15.4. The summed E-state index contributed by atoms with van der Waals surface area (Å²) in [5.41, 5.74) is -0.233. The Morgan fingerprint density at radius 1 is 0.950 bits per heavy atom. The first-order chi connectivity index (χ1) is 18.9. The van der Waals surface area contributed by atoms with Gasteiger partial charge < -0.3 is 14.8 Å². The van der Waals surface area contributed by atoms with Crippen molar-refractivity contribution in [3.05, 3.63) is 80.8 Å². The van der Waals surface area contributed by atoms with Crippen LogP contribution in [0.4, 0.5) is 4.79 Å². The first kappa shape index (κ1) is 30.7. The Bertz CT molecular complexity index is 1380. The van der Waals surface area contributed by atoms with Crippen molar-refractivity contribution in [2.75, 3.05) is 6.54 Å². The number of nitrogens with zero attached hydrogens (tertiary/aromatic N) is 1. The second-order valence-corrected chi connectivity index (χ2v) is 14.7. The molecule has 2 atom stereocenters. The molecule has 1 aliphatic carbocycles. The Hall–Kier alpha value is -2.27. The minimum Gasteiger partial charge on any atom is -0.424 e. The third kappa shape index (κ3) is 7.72. The zero-order chi connectivity index (χ0) is 29.1. The first-order valence-electron chi connectivity index (χ1n) is 12.6. The van der Waals surface area contributed by atoms with E-state index in [-0.39, 0.29) is 16.9 Å². The number of amides is 1. The minimum absolute atomic E-state index is 0.00673. The molecule has 210 valence electrons. The predicted molar refractivity (Wildman–Crippen MR) is 162 cm³/mol. The van der Waals surface area contributed by atoms with Crippen LogP contribution >= 0.6 is 46.4 Å². The van der Waals surface area contributed by atoms with Crippen molar-refractivity contribution in [3.63, 3.8) is 0 Å². The molecule has 0 heterocycles. The van der Waals surface area contributed by atoms with Crippen LogP contribution in [0.5, 0.6) is 5.75 Å². The average molecular weight is 639 g/mol. The zero-order valence-corrected chi connectivity index (χ0v) is 26.1. The number of ether oxygens (including phenoxy) is 2. The molecule has 1 saturated carbocycles. The maximum Gasteiger partial charge on any atom is 0.412 e. The van der Waals surface area contributed by atoms with Gasteiger partial charge in [0.2, 0.25) is 0 Å². The molecule has 3 aromatic carbocycles. The van der Waals surface area contributed by atoms with Crippen molar-refractivity contribution < 1.29 is 14.3 Å². The van der Waals surface area contributed by atoms with Gasteiger partial charge in [-0.05, 0) is 90.8 Å². The number of nitrogens with one attached hydrogen (secondary N) is 1. The molecule has 3 aromatic rings. The lowest BCUT2D eigenvalue weighted by atomic mass is 9.63. The molecule has 2 unspecified atom stereocenters. The predicted octanol–water partition coefficient (Wildman–Crippen LogP) is 9.57. The summed E-state index contributed by atoms with van der Waals surface area (Å²) >= 11 is 25.5. The van der Waals surface area contributed by atoms with Gasteiger partial charge in [0.25, 0.3) is 6.26 Å². The number of halogens is 4. The smallest absolute Gasteiger partial charge is 0.412 e. The van der Waals surface area contributed by atoms with Crippen LogP contribution in [-0.2, 0) is 15.6 Å². The molecular formula is C30H29Cl4N2O3S+. The minimum atomic E-state index is -0.673. The Kier molecular flexibility index (Phi) is 9.75. The summed E-state index contributed by atoms with van der Waals surface area (Å²) in [6, 6.07) is 18.0. The van der Waals surface area contributed by atoms with Crippen molar-refractivity contribution in [3.8, 4) is 12.0 Å². The van der Waals surface area contributed by atoms with Gasteiger partial charge in [-0.25, -0.2) is 4.79 Å². The Labute approximate surface area is 258 Å². The number of nitriles is 1. The van der Waals surface area contributed by atoms with E-state index >= 15 is 0 Å². The van der Waals surface area contributed by atoms with Gasteiger partial charge in [-0.3, -0.25) is 0 Å². The number of carbonyl (C=O) groups excluding carboxylic acids is 1. The molecule has 0 aromatic heterocycles. The summed E-state index contributed by atoms with van der Waals surface area (Å²) in [6.07, 6.45) is 3.48. The van der Waals surface area contributed by atoms with E-state index < -0.39 is 17.0 Å². The molecule has 10 heteroatoms. The van der Waals surface area contributed by atoms with Crippen molar-refractivity contribution in [2.45, 2.75) is 60.8 Å². The third-order valence-electron chi connectivity index (χ3n) is 6.78. The summed E-state index contributed by atoms with van der Waals surface area (Å²) < 4.78 is 10.9. The van der Waals surface area contributed by atoms with Crippen LogP contribution in [0.2, 0.25) is 20.1 Å². The highest BCUT2D eigenvalue weighted by molar-refractivity contribution is 7.97. The Balaban J connectivity index is 1.50. The van der Waals surface area contributed by atoms with E-state index in [2.05, 4.69) is 26.1 Å². The molecule has 1 aliphatic rings. The topological polar surface area (TPSA) is 71.3 Å². The largest absolute Gasteiger partial charge is 0.424 e. The van der Waals surface area contributed by atoms with Crippen LogP contribution in [0.15, 0.2) is 75.4 Å². The van der Waals surface area contributed by atoms with Gasteiger partial charge in [0.1, 0.15) is 22.7 Å². The lowest BCUT2D eigenvalue weighted by Crippen LogP contribution is -2.46. The van der Waals surface area contributed by atoms with Gasteiger partial charge in [0, 0.05) is 16.6 Å². The number of hydrogen-bond acceptors (Lipinski definition) is 4. The molecule has 0 bridgehead atoms. The lowest BCUT2D eigenvalue weighted by molar-refractivity contribution is -0.0101. The van der Waals surface area contributed by atoms with Gasteiger partial charge in [0.05, 0.1) is 10.0 Å². The van der Waals surface area contributed by atoms with Crippen LogP contribution in [0, 0.1) is 22.3 Å². The second kappa shape index (κ2) is 12.7. The van der Waals surface area contributed by atoms with E-state index in [0.29, 0.717) is 38.8 Å². The van der Waals surface area contributed by atoms with Crippen molar-refractivity contribution in [1.82, 2.24) is 5.32 Å². The van der Waals surface area contributed by atoms with Crippen molar-refractivity contribution in [2.24, 2.45) is 10.8 Å². The molecule has 1 fully saturated rings. The summed E-state index contributed by atoms with van der Waals surface area (Å²) in [7, 11) is -0.673. The van der Waals surface area contributed by atoms with E-state index in [1.54, 1.807) is 36.4 Å². The van der Waals surface area contributed by atoms with Crippen LogP contribution in [0.25, 0.3) is 0 Å². The molecule has 40 heavy (non-hydrogen) atoms. The SMILES string of the molecule is CC1(C)CC(OC#N)CC(C)(CNC(=O)Oc2ccc([S+](c3ccc(Cl)cc3Cl)c3ccc(Cl)cc3Cl)cc2)C1. The quantitative estimate of drug-likeness (QED) is 0.207. The highest BCUT2D eigenvalue weighted by Gasteiger charge is 2.42. The van der Waals surface area contributed by atoms with Gasteiger partial charge in [-0.2, -0.15) is 5.26 Å². The molecule has 0 radical (unpaired) electrons. The van der Waals surface area contributed by atoms with E-state index in [1.165, 1.54) is 0 Å². The molecule has 0 aliphatic heterocycles. The fraction of sp³-hybridized carbons (Fsp3) is 0.333. The fourth-order valence-electron chi connectivity index (χ4n) is 5.56. The Morgan fingerprint density at radius 3 is 2.05 bits per heavy atom. The number of carbonyl (C=O) groups is 1. The Morgan fingerprint density at radius 2 is 1.52 bits per heavy atom. The molecule has 5 nitrogen and oxygen atoms in total. The van der Waals surface area contributed by atoms with Gasteiger partial charge in [-0.15, -0.1) is 0 Å². The maximum absolute atomic E-state index is 12.7. The van der Waals surface area contributed by atoms with E-state index in [0.717, 1.165) is 27.5 Å². The summed E-state index contributed by atoms with van der Waals surface area (Å²) in [5.74, 6) is 0.397. The van der Waals surface area contributed by atoms with Crippen LogP contribution in [0.3, 0.4) is 0 Å². The maximum atomic E-state index is 12.7. The summed E-state index contributed by atoms with van der Waals surface area (Å²) in [5, 5.41) is 14.0. The summed E-state index contributed by atoms with van der Waals surface area (Å²) in [6.45, 7) is 6.81. The molecule has 0 saturated heterocycles. The third-order valence-corrected chi connectivity index (χ3v) is 10.4. The normalized spacial score (nSPS) is 20.0. The number of benzene rings is 3. The van der Waals surface area contributed by atoms with Gasteiger partial charge in [-0.1, -0.05) is 67.2 Å². The van der Waals surface area contributed by atoms with Crippen LogP contribution in [0.1, 0.15) is 40.0 Å². The number of hydrogen-bond donors (Lipinski definition) is 1. The van der Waals surface area contributed by atoms with E-state index in [9.17, 15) is 4.79 Å². The molecule has 1 N–H and O–H groups in total. The molecule has 4 rings (SSSR count). The van der Waals surface area contributed by atoms with Crippen LogP contribution in [-0.4, -0.2) is 18.7 Å². The molecule has 1 amide bonds. The average Bonchev–Trinajstić information content (AvgIpc) is 2.85. The summed E-state index contributed by atoms with van der Waals surface area (Å²) in [4.78, 5) is 15.3. The second-order valence-electron chi connectivity index (χ2n) is 11.1. The fourth-order valence-corrected chi connectivity index (χ4v) is 8.91. The zero-order valence-electron chi connectivity index (χ0n) is 22.3. The molecule has 0 spiro atoms. The number of rotatable bonds is 7. The molecular weight excluding hydrogens is 610 g/mol. The van der Waals surface area contributed by atoms with Gasteiger partial charge >= 0.3 is 6.09 Å². The van der Waals surface area contributed by atoms with E-state index in [1.807, 2.05) is 30.5 Å². The highest BCUT2D eigenvalue weighted by atomic mass is 35.5. The van der Waals surface area contributed by atoms with Crippen molar-refractivity contribution in [1.29, 1.82) is 5.26 Å². The highest BCUT2D eigenvalue weighted by Crippen LogP contribution is 2.46.